The van der Waals surface area contributed by atoms with Crippen LogP contribution >= 0.6 is 0 Å². The smallest absolute Gasteiger partial charge is 0.0427 e. The molecule has 1 heterocycles. The quantitative estimate of drug-likeness (QED) is 0.461. The SMILES string of the molecule is CC/C=C(\CC)C1=CCCN=C1CCCCCCC. The Morgan fingerprint density at radius 1 is 1.16 bits per heavy atom. The molecule has 19 heavy (non-hydrogen) atoms. The van der Waals surface area contributed by atoms with Gasteiger partial charge < -0.3 is 0 Å². The van der Waals surface area contributed by atoms with Gasteiger partial charge in [-0.3, -0.25) is 4.99 Å². The maximum absolute atomic E-state index is 4.79. The van der Waals surface area contributed by atoms with E-state index in [-0.39, 0.29) is 0 Å². The number of aliphatic imine (C=N–C) groups is 1. The first-order chi connectivity index (χ1) is 9.33. The highest BCUT2D eigenvalue weighted by Gasteiger charge is 2.13. The van der Waals surface area contributed by atoms with Crippen molar-refractivity contribution in [2.24, 2.45) is 4.99 Å². The summed E-state index contributed by atoms with van der Waals surface area (Å²) in [5.74, 6) is 0. The largest absolute Gasteiger partial charge is 0.289 e. The van der Waals surface area contributed by atoms with Gasteiger partial charge in [-0.05, 0) is 43.3 Å². The minimum absolute atomic E-state index is 0.997. The fourth-order valence-electron chi connectivity index (χ4n) is 2.73. The molecule has 0 aliphatic carbocycles. The summed E-state index contributed by atoms with van der Waals surface area (Å²) >= 11 is 0. The summed E-state index contributed by atoms with van der Waals surface area (Å²) in [6, 6.07) is 0. The Bertz CT molecular complexity index is 334. The minimum Gasteiger partial charge on any atom is -0.289 e. The van der Waals surface area contributed by atoms with Crippen LogP contribution in [0.4, 0.5) is 0 Å². The van der Waals surface area contributed by atoms with Crippen molar-refractivity contribution in [1.29, 1.82) is 0 Å². The van der Waals surface area contributed by atoms with Gasteiger partial charge in [0.05, 0.1) is 0 Å². The van der Waals surface area contributed by atoms with Crippen molar-refractivity contribution in [3.8, 4) is 0 Å². The monoisotopic (exact) mass is 261 g/mol. The van der Waals surface area contributed by atoms with Gasteiger partial charge in [-0.15, -0.1) is 0 Å². The molecule has 0 amide bonds. The summed E-state index contributed by atoms with van der Waals surface area (Å²) < 4.78 is 0. The van der Waals surface area contributed by atoms with Crippen LogP contribution in [0.25, 0.3) is 0 Å². The van der Waals surface area contributed by atoms with Crippen LogP contribution in [-0.4, -0.2) is 12.3 Å². The molecule has 1 aliphatic heterocycles. The number of nitrogens with zero attached hydrogens (tertiary/aromatic N) is 1. The Morgan fingerprint density at radius 3 is 2.63 bits per heavy atom. The van der Waals surface area contributed by atoms with E-state index in [1.807, 2.05) is 0 Å². The molecule has 0 N–H and O–H groups in total. The average Bonchev–Trinajstić information content (AvgIpc) is 2.45. The summed E-state index contributed by atoms with van der Waals surface area (Å²) in [5, 5.41) is 0. The van der Waals surface area contributed by atoms with Crippen molar-refractivity contribution in [2.75, 3.05) is 6.54 Å². The molecule has 1 nitrogen and oxygen atoms in total. The topological polar surface area (TPSA) is 12.4 Å². The molecule has 1 heteroatoms. The molecule has 0 spiro atoms. The lowest BCUT2D eigenvalue weighted by Crippen LogP contribution is -2.11. The van der Waals surface area contributed by atoms with Gasteiger partial charge in [0.25, 0.3) is 0 Å². The molecule has 0 fully saturated rings. The summed E-state index contributed by atoms with van der Waals surface area (Å²) in [5.41, 5.74) is 4.35. The molecule has 0 unspecified atom stereocenters. The number of rotatable bonds is 9. The molecular formula is C18H31N. The summed E-state index contributed by atoms with van der Waals surface area (Å²) in [6.45, 7) is 7.75. The lowest BCUT2D eigenvalue weighted by molar-refractivity contribution is 0.642. The third kappa shape index (κ3) is 5.76. The van der Waals surface area contributed by atoms with Gasteiger partial charge in [0.1, 0.15) is 0 Å². The molecule has 0 saturated carbocycles. The molecule has 0 bridgehead atoms. The van der Waals surface area contributed by atoms with E-state index in [2.05, 4.69) is 32.9 Å². The Morgan fingerprint density at radius 2 is 1.95 bits per heavy atom. The van der Waals surface area contributed by atoms with E-state index in [4.69, 9.17) is 4.99 Å². The highest BCUT2D eigenvalue weighted by Crippen LogP contribution is 2.23. The first kappa shape index (κ1) is 16.2. The second-order valence-electron chi connectivity index (χ2n) is 5.39. The third-order valence-electron chi connectivity index (χ3n) is 3.79. The van der Waals surface area contributed by atoms with Crippen LogP contribution < -0.4 is 0 Å². The molecule has 1 rings (SSSR count). The number of hydrogen-bond acceptors (Lipinski definition) is 1. The van der Waals surface area contributed by atoms with E-state index in [0.29, 0.717) is 0 Å². The minimum atomic E-state index is 0.997. The van der Waals surface area contributed by atoms with Crippen molar-refractivity contribution in [1.82, 2.24) is 0 Å². The van der Waals surface area contributed by atoms with E-state index in [9.17, 15) is 0 Å². The zero-order valence-corrected chi connectivity index (χ0v) is 13.2. The van der Waals surface area contributed by atoms with Gasteiger partial charge in [-0.25, -0.2) is 0 Å². The molecular weight excluding hydrogens is 230 g/mol. The molecule has 0 radical (unpaired) electrons. The van der Waals surface area contributed by atoms with Gasteiger partial charge in [-0.1, -0.05) is 58.6 Å². The van der Waals surface area contributed by atoms with Crippen LogP contribution in [0, 0.1) is 0 Å². The molecule has 0 aromatic carbocycles. The van der Waals surface area contributed by atoms with Crippen molar-refractivity contribution < 1.29 is 0 Å². The van der Waals surface area contributed by atoms with E-state index in [1.165, 1.54) is 55.4 Å². The Kier molecular flexibility index (Phi) is 8.53. The fourth-order valence-corrected chi connectivity index (χ4v) is 2.73. The van der Waals surface area contributed by atoms with E-state index in [1.54, 1.807) is 0 Å². The summed E-state index contributed by atoms with van der Waals surface area (Å²) in [7, 11) is 0. The Labute approximate surface area is 119 Å². The number of allylic oxidation sites excluding steroid dienone is 3. The predicted octanol–water partition coefficient (Wildman–Crippen LogP) is 5.86. The van der Waals surface area contributed by atoms with Crippen molar-refractivity contribution in [3.63, 3.8) is 0 Å². The van der Waals surface area contributed by atoms with Crippen molar-refractivity contribution in [2.45, 2.75) is 78.6 Å². The van der Waals surface area contributed by atoms with Crippen LogP contribution in [0.5, 0.6) is 0 Å². The van der Waals surface area contributed by atoms with Gasteiger partial charge >= 0.3 is 0 Å². The summed E-state index contributed by atoms with van der Waals surface area (Å²) in [4.78, 5) is 4.79. The van der Waals surface area contributed by atoms with Crippen LogP contribution in [0.1, 0.15) is 78.6 Å². The van der Waals surface area contributed by atoms with Gasteiger partial charge in [0.2, 0.25) is 0 Å². The average molecular weight is 261 g/mol. The molecule has 0 saturated heterocycles. The molecule has 0 aromatic heterocycles. The second kappa shape index (κ2) is 10.00. The lowest BCUT2D eigenvalue weighted by atomic mass is 9.92. The number of unbranched alkanes of at least 4 members (excludes halogenated alkanes) is 4. The molecule has 1 aliphatic rings. The third-order valence-corrected chi connectivity index (χ3v) is 3.79. The van der Waals surface area contributed by atoms with E-state index >= 15 is 0 Å². The van der Waals surface area contributed by atoms with Crippen LogP contribution in [0.2, 0.25) is 0 Å². The zero-order valence-electron chi connectivity index (χ0n) is 13.2. The molecule has 0 atom stereocenters. The Balaban J connectivity index is 2.52. The second-order valence-corrected chi connectivity index (χ2v) is 5.39. The molecule has 0 aromatic rings. The van der Waals surface area contributed by atoms with Crippen LogP contribution in [0.3, 0.4) is 0 Å². The number of hydrogen-bond donors (Lipinski definition) is 0. The van der Waals surface area contributed by atoms with Crippen LogP contribution in [0.15, 0.2) is 28.3 Å². The first-order valence-electron chi connectivity index (χ1n) is 8.26. The first-order valence-corrected chi connectivity index (χ1v) is 8.26. The van der Waals surface area contributed by atoms with E-state index < -0.39 is 0 Å². The molecule has 108 valence electrons. The van der Waals surface area contributed by atoms with Gasteiger partial charge in [-0.2, -0.15) is 0 Å². The van der Waals surface area contributed by atoms with Crippen molar-refractivity contribution >= 4 is 5.71 Å². The van der Waals surface area contributed by atoms with Gasteiger partial charge in [0, 0.05) is 12.3 Å². The zero-order chi connectivity index (χ0) is 13.9. The van der Waals surface area contributed by atoms with Crippen LogP contribution in [-0.2, 0) is 0 Å². The highest BCUT2D eigenvalue weighted by molar-refractivity contribution is 6.04. The fraction of sp³-hybridized carbons (Fsp3) is 0.722. The maximum atomic E-state index is 4.79. The van der Waals surface area contributed by atoms with Gasteiger partial charge in [0.15, 0.2) is 0 Å². The van der Waals surface area contributed by atoms with E-state index in [0.717, 1.165) is 25.8 Å². The maximum Gasteiger partial charge on any atom is 0.0427 e. The highest BCUT2D eigenvalue weighted by atomic mass is 14.7. The Hall–Kier alpha value is -0.850. The predicted molar refractivity (Wildman–Crippen MR) is 87.0 cm³/mol. The number of dihydropyridines is 1. The normalized spacial score (nSPS) is 16.3. The van der Waals surface area contributed by atoms with Crippen molar-refractivity contribution in [3.05, 3.63) is 23.3 Å². The summed E-state index contributed by atoms with van der Waals surface area (Å²) in [6.07, 6.45) is 16.1. The standard InChI is InChI=1S/C18H31N/c1-4-7-8-9-10-14-18-17(13-11-15-19-18)16(6-3)12-5-2/h12-13H,4-11,14-15H2,1-3H3/b16-12+. The lowest BCUT2D eigenvalue weighted by Gasteiger charge is -2.18.